The fourth-order valence-corrected chi connectivity index (χ4v) is 1.91. The van der Waals surface area contributed by atoms with Crippen LogP contribution in [0.4, 0.5) is 4.39 Å². The van der Waals surface area contributed by atoms with Crippen LogP contribution < -0.4 is 10.6 Å². The Morgan fingerprint density at radius 1 is 1.13 bits per heavy atom. The number of hydrogen-bond acceptors (Lipinski definition) is 4. The minimum absolute atomic E-state index is 0.0278. The molecule has 134 valence electrons. The highest BCUT2D eigenvalue weighted by atomic mass is 19.1. The van der Waals surface area contributed by atoms with Crippen molar-refractivity contribution in [2.75, 3.05) is 26.7 Å². The average Bonchev–Trinajstić information content (AvgIpc) is 2.66. The molecule has 1 unspecified atom stereocenters. The lowest BCUT2D eigenvalue weighted by Crippen LogP contribution is -2.42. The molecule has 1 fully saturated rings. The first kappa shape index (κ1) is 23.8. The third kappa shape index (κ3) is 8.09. The number of carbonyl (C=O) groups is 1. The molecule has 1 aromatic rings. The molecule has 1 aliphatic heterocycles. The fraction of sp³-hybridized carbons (Fsp3) is 0.611. The van der Waals surface area contributed by atoms with Crippen LogP contribution in [0.5, 0.6) is 0 Å². The molecule has 2 rings (SSSR count). The Morgan fingerprint density at radius 2 is 1.74 bits per heavy atom. The van der Waals surface area contributed by atoms with Crippen molar-refractivity contribution >= 4 is 5.97 Å². The molecule has 0 bridgehead atoms. The first-order valence-electron chi connectivity index (χ1n) is 8.54. The zero-order valence-electron chi connectivity index (χ0n) is 15.6. The van der Waals surface area contributed by atoms with E-state index in [1.807, 2.05) is 41.5 Å². The number of carbonyl (C=O) groups excluding carboxylic acids is 1. The van der Waals surface area contributed by atoms with Crippen molar-refractivity contribution in [3.8, 4) is 0 Å². The zero-order valence-corrected chi connectivity index (χ0v) is 15.6. The van der Waals surface area contributed by atoms with Crippen molar-refractivity contribution in [2.45, 2.75) is 47.6 Å². The molecule has 2 N–H and O–H groups in total. The van der Waals surface area contributed by atoms with Gasteiger partial charge in [-0.15, -0.1) is 0 Å². The number of hydrogen-bond donors (Lipinski definition) is 2. The summed E-state index contributed by atoms with van der Waals surface area (Å²) in [5.74, 6) is -1.19. The quantitative estimate of drug-likeness (QED) is 0.808. The molecule has 1 saturated heterocycles. The molecular formula is C18H33FN2O2. The van der Waals surface area contributed by atoms with Crippen molar-refractivity contribution in [1.29, 1.82) is 0 Å². The van der Waals surface area contributed by atoms with E-state index in [-0.39, 0.29) is 11.6 Å². The Labute approximate surface area is 140 Å². The summed E-state index contributed by atoms with van der Waals surface area (Å²) in [4.78, 5) is 11.2. The lowest BCUT2D eigenvalue weighted by molar-refractivity contribution is 0.0595. The van der Waals surface area contributed by atoms with E-state index < -0.39 is 11.8 Å². The van der Waals surface area contributed by atoms with Crippen LogP contribution in [0.15, 0.2) is 18.2 Å². The summed E-state index contributed by atoms with van der Waals surface area (Å²) in [5, 5.41) is 6.50. The summed E-state index contributed by atoms with van der Waals surface area (Å²) < 4.78 is 18.2. The van der Waals surface area contributed by atoms with E-state index in [9.17, 15) is 9.18 Å². The summed E-state index contributed by atoms with van der Waals surface area (Å²) in [6.07, 6.45) is 0. The molecule has 0 radical (unpaired) electrons. The molecular weight excluding hydrogens is 295 g/mol. The summed E-state index contributed by atoms with van der Waals surface area (Å²) in [7, 11) is 1.24. The van der Waals surface area contributed by atoms with Crippen LogP contribution in [-0.4, -0.2) is 32.7 Å². The van der Waals surface area contributed by atoms with Gasteiger partial charge in [0.15, 0.2) is 0 Å². The van der Waals surface area contributed by atoms with E-state index in [2.05, 4.69) is 15.4 Å². The highest BCUT2D eigenvalue weighted by Gasteiger charge is 2.18. The van der Waals surface area contributed by atoms with E-state index in [1.165, 1.54) is 19.2 Å². The molecule has 0 amide bonds. The van der Waals surface area contributed by atoms with Gasteiger partial charge in [-0.3, -0.25) is 0 Å². The summed E-state index contributed by atoms with van der Waals surface area (Å²) >= 11 is 0. The van der Waals surface area contributed by atoms with Gasteiger partial charge in [-0.2, -0.15) is 0 Å². The van der Waals surface area contributed by atoms with Gasteiger partial charge in [0.05, 0.1) is 12.7 Å². The molecule has 1 aromatic carbocycles. The van der Waals surface area contributed by atoms with E-state index in [0.717, 1.165) is 25.2 Å². The molecule has 0 aromatic heterocycles. The van der Waals surface area contributed by atoms with Gasteiger partial charge in [-0.05, 0) is 17.7 Å². The summed E-state index contributed by atoms with van der Waals surface area (Å²) in [5.41, 5.74) is 0.808. The predicted octanol–water partition coefficient (Wildman–Crippen LogP) is 3.92. The van der Waals surface area contributed by atoms with E-state index in [1.54, 1.807) is 6.07 Å². The van der Waals surface area contributed by atoms with E-state index >= 15 is 0 Å². The topological polar surface area (TPSA) is 50.4 Å². The van der Waals surface area contributed by atoms with Crippen LogP contribution in [0, 0.1) is 5.82 Å². The third-order valence-corrected chi connectivity index (χ3v) is 2.84. The van der Waals surface area contributed by atoms with Crippen LogP contribution in [0.2, 0.25) is 0 Å². The predicted molar refractivity (Wildman–Crippen MR) is 95.4 cm³/mol. The van der Waals surface area contributed by atoms with Gasteiger partial charge in [0, 0.05) is 25.7 Å². The number of esters is 1. The molecule has 0 saturated carbocycles. The maximum Gasteiger partial charge on any atom is 0.340 e. The minimum Gasteiger partial charge on any atom is -0.465 e. The Hall–Kier alpha value is -1.46. The first-order chi connectivity index (χ1) is 11.2. The van der Waals surface area contributed by atoms with Crippen LogP contribution in [0.3, 0.4) is 0 Å². The molecule has 0 spiro atoms. The molecule has 0 aliphatic carbocycles. The van der Waals surface area contributed by atoms with Crippen LogP contribution in [-0.2, 0) is 4.74 Å². The zero-order chi connectivity index (χ0) is 18.3. The highest BCUT2D eigenvalue weighted by Crippen LogP contribution is 2.18. The third-order valence-electron chi connectivity index (χ3n) is 2.84. The van der Waals surface area contributed by atoms with Gasteiger partial charge in [-0.1, -0.05) is 47.6 Å². The number of rotatable bonds is 2. The van der Waals surface area contributed by atoms with Gasteiger partial charge < -0.3 is 15.4 Å². The second kappa shape index (κ2) is 15.4. The van der Waals surface area contributed by atoms with Crippen LogP contribution in [0.1, 0.15) is 63.5 Å². The lowest BCUT2D eigenvalue weighted by Gasteiger charge is -2.25. The summed E-state index contributed by atoms with van der Waals surface area (Å²) in [6.45, 7) is 14.5. The van der Waals surface area contributed by atoms with Gasteiger partial charge >= 0.3 is 5.97 Å². The maximum absolute atomic E-state index is 13.7. The first-order valence-corrected chi connectivity index (χ1v) is 8.54. The summed E-state index contributed by atoms with van der Waals surface area (Å²) in [6, 6.07) is 4.69. The van der Waals surface area contributed by atoms with E-state index in [4.69, 9.17) is 0 Å². The molecule has 4 nitrogen and oxygen atoms in total. The van der Waals surface area contributed by atoms with Gasteiger partial charge in [0.25, 0.3) is 0 Å². The molecule has 1 heterocycles. The molecule has 1 atom stereocenters. The second-order valence-electron chi connectivity index (χ2n) is 3.94. The van der Waals surface area contributed by atoms with Crippen molar-refractivity contribution in [2.24, 2.45) is 0 Å². The number of halogens is 1. The number of ether oxygens (including phenoxy) is 1. The van der Waals surface area contributed by atoms with Crippen molar-refractivity contribution < 1.29 is 13.9 Å². The normalized spacial score (nSPS) is 15.6. The molecule has 5 heteroatoms. The Balaban J connectivity index is 0. The SMILES string of the molecule is CC.CC.CC.COC(=O)c1ccc(C2CNCCN2)cc1F. The lowest BCUT2D eigenvalue weighted by atomic mass is 10.0. The average molecular weight is 328 g/mol. The Morgan fingerprint density at radius 3 is 2.17 bits per heavy atom. The van der Waals surface area contributed by atoms with Gasteiger partial charge in [0.1, 0.15) is 5.82 Å². The Bertz CT molecular complexity index is 419. The second-order valence-corrected chi connectivity index (χ2v) is 3.94. The fourth-order valence-electron chi connectivity index (χ4n) is 1.91. The standard InChI is InChI=1S/C12H15FN2O2.3C2H6/c1-17-12(16)9-3-2-8(6-10(9)13)11-7-14-4-5-15-11;3*1-2/h2-3,6,11,14-15H,4-5,7H2,1H3;3*1-2H3. The minimum atomic E-state index is -0.649. The largest absolute Gasteiger partial charge is 0.465 e. The smallest absolute Gasteiger partial charge is 0.340 e. The van der Waals surface area contributed by atoms with Gasteiger partial charge in [0.2, 0.25) is 0 Å². The van der Waals surface area contributed by atoms with Crippen molar-refractivity contribution in [1.82, 2.24) is 10.6 Å². The maximum atomic E-state index is 13.7. The highest BCUT2D eigenvalue weighted by molar-refractivity contribution is 5.89. The van der Waals surface area contributed by atoms with Crippen LogP contribution in [0.25, 0.3) is 0 Å². The van der Waals surface area contributed by atoms with Crippen molar-refractivity contribution in [3.63, 3.8) is 0 Å². The number of piperazine rings is 1. The van der Waals surface area contributed by atoms with Crippen molar-refractivity contribution in [3.05, 3.63) is 35.1 Å². The van der Waals surface area contributed by atoms with E-state index in [0.29, 0.717) is 0 Å². The number of nitrogens with one attached hydrogen (secondary N) is 2. The number of benzene rings is 1. The molecule has 23 heavy (non-hydrogen) atoms. The molecule has 1 aliphatic rings. The Kier molecular flexibility index (Phi) is 16.0. The number of methoxy groups -OCH3 is 1. The van der Waals surface area contributed by atoms with Gasteiger partial charge in [-0.25, -0.2) is 9.18 Å². The monoisotopic (exact) mass is 328 g/mol. The van der Waals surface area contributed by atoms with Crippen LogP contribution >= 0.6 is 0 Å².